The van der Waals surface area contributed by atoms with Gasteiger partial charge >= 0.3 is 0 Å². The molecule has 26 heavy (non-hydrogen) atoms. The van der Waals surface area contributed by atoms with Gasteiger partial charge in [0, 0.05) is 51.2 Å². The predicted octanol–water partition coefficient (Wildman–Crippen LogP) is 2.05. The van der Waals surface area contributed by atoms with E-state index in [0.717, 1.165) is 31.7 Å². The van der Waals surface area contributed by atoms with Crippen molar-refractivity contribution < 1.29 is 4.74 Å². The molecule has 0 amide bonds. The molecule has 0 aliphatic carbocycles. The molecule has 0 bridgehead atoms. The minimum atomic E-state index is 0.727. The van der Waals surface area contributed by atoms with Crippen LogP contribution >= 0.6 is 0 Å². The normalized spacial score (nSPS) is 23.3. The number of likely N-dealkylation sites (N-methyl/N-ethyl adjacent to an activating group) is 1. The summed E-state index contributed by atoms with van der Waals surface area (Å²) in [6, 6.07) is 0.727. The zero-order valence-corrected chi connectivity index (χ0v) is 16.7. The number of methoxy groups -OCH3 is 1. The summed E-state index contributed by atoms with van der Waals surface area (Å²) in [6.45, 7) is 12.5. The topological polar surface area (TPSA) is 47.6 Å². The second kappa shape index (κ2) is 10.4. The van der Waals surface area contributed by atoms with Crippen LogP contribution in [0.5, 0.6) is 0 Å². The van der Waals surface area contributed by atoms with Crippen LogP contribution in [0.1, 0.15) is 38.3 Å². The second-order valence-electron chi connectivity index (χ2n) is 7.97. The van der Waals surface area contributed by atoms with E-state index in [-0.39, 0.29) is 0 Å². The number of nitrogens with zero attached hydrogens (tertiary/aromatic N) is 4. The number of hydrogen-bond donors (Lipinski definition) is 1. The number of likely N-dealkylation sites (tertiary alicyclic amines) is 2. The lowest BCUT2D eigenvalue weighted by Gasteiger charge is -2.36. The monoisotopic (exact) mass is 363 g/mol. The maximum Gasteiger partial charge on any atom is 0.0922 e. The van der Waals surface area contributed by atoms with Crippen LogP contribution in [0.25, 0.3) is 0 Å². The lowest BCUT2D eigenvalue weighted by atomic mass is 9.95. The molecular formula is C20H37N5O. The van der Waals surface area contributed by atoms with Gasteiger partial charge in [-0.05, 0) is 57.8 Å². The average molecular weight is 364 g/mol. The molecule has 1 atom stereocenters. The summed E-state index contributed by atoms with van der Waals surface area (Å²) in [5.74, 6) is 0.813. The van der Waals surface area contributed by atoms with Crippen LogP contribution in [0.3, 0.4) is 0 Å². The molecule has 0 spiro atoms. The highest BCUT2D eigenvalue weighted by molar-refractivity contribution is 4.95. The summed E-state index contributed by atoms with van der Waals surface area (Å²) in [7, 11) is 1.79. The van der Waals surface area contributed by atoms with Crippen LogP contribution in [0.4, 0.5) is 0 Å². The van der Waals surface area contributed by atoms with Crippen LogP contribution in [0.15, 0.2) is 12.5 Å². The molecule has 1 unspecified atom stereocenters. The summed E-state index contributed by atoms with van der Waals surface area (Å²) in [5, 5.41) is 0. The van der Waals surface area contributed by atoms with Gasteiger partial charge in [0.05, 0.1) is 12.9 Å². The van der Waals surface area contributed by atoms with Gasteiger partial charge in [0.15, 0.2) is 0 Å². The molecule has 2 saturated heterocycles. The third-order valence-electron chi connectivity index (χ3n) is 6.16. The molecule has 1 aromatic heterocycles. The fraction of sp³-hybridized carbons (Fsp3) is 0.850. The summed E-state index contributed by atoms with van der Waals surface area (Å²) < 4.78 is 5.23. The number of aromatic nitrogens is 2. The van der Waals surface area contributed by atoms with E-state index in [2.05, 4.69) is 31.6 Å². The van der Waals surface area contributed by atoms with Crippen LogP contribution in [0.2, 0.25) is 0 Å². The average Bonchev–Trinajstić information content (AvgIpc) is 3.33. The Hall–Kier alpha value is -0.950. The van der Waals surface area contributed by atoms with Gasteiger partial charge in [0.25, 0.3) is 0 Å². The first-order valence-electron chi connectivity index (χ1n) is 10.4. The highest BCUT2D eigenvalue weighted by Gasteiger charge is 2.27. The van der Waals surface area contributed by atoms with E-state index in [1.807, 2.05) is 6.20 Å². The minimum absolute atomic E-state index is 0.727. The maximum absolute atomic E-state index is 5.23. The van der Waals surface area contributed by atoms with Crippen molar-refractivity contribution in [2.45, 2.75) is 45.2 Å². The quantitative estimate of drug-likeness (QED) is 0.689. The molecule has 6 heteroatoms. The van der Waals surface area contributed by atoms with Crippen molar-refractivity contribution in [1.29, 1.82) is 0 Å². The van der Waals surface area contributed by atoms with Gasteiger partial charge in [0.2, 0.25) is 0 Å². The molecular weight excluding hydrogens is 326 g/mol. The smallest absolute Gasteiger partial charge is 0.0922 e. The van der Waals surface area contributed by atoms with Crippen LogP contribution < -0.4 is 0 Å². The van der Waals surface area contributed by atoms with Crippen molar-refractivity contribution in [3.8, 4) is 0 Å². The Morgan fingerprint density at radius 2 is 2.08 bits per heavy atom. The molecule has 2 aliphatic rings. The Labute approximate surface area is 158 Å². The molecule has 3 heterocycles. The fourth-order valence-electron chi connectivity index (χ4n) is 4.61. The number of rotatable bonds is 10. The number of piperidine rings is 1. The maximum atomic E-state index is 5.23. The van der Waals surface area contributed by atoms with Crippen molar-refractivity contribution in [1.82, 2.24) is 24.7 Å². The van der Waals surface area contributed by atoms with Gasteiger partial charge in [-0.15, -0.1) is 0 Å². The van der Waals surface area contributed by atoms with E-state index >= 15 is 0 Å². The fourth-order valence-corrected chi connectivity index (χ4v) is 4.61. The number of H-pyrrole nitrogens is 1. The van der Waals surface area contributed by atoms with Gasteiger partial charge < -0.3 is 14.6 Å². The third-order valence-corrected chi connectivity index (χ3v) is 6.16. The molecule has 148 valence electrons. The van der Waals surface area contributed by atoms with E-state index in [0.29, 0.717) is 0 Å². The first kappa shape index (κ1) is 19.8. The number of hydrogen-bond acceptors (Lipinski definition) is 5. The summed E-state index contributed by atoms with van der Waals surface area (Å²) in [5.41, 5.74) is 1.24. The Balaban J connectivity index is 1.52. The van der Waals surface area contributed by atoms with E-state index in [1.54, 1.807) is 13.4 Å². The van der Waals surface area contributed by atoms with E-state index in [9.17, 15) is 0 Å². The number of nitrogens with one attached hydrogen (secondary N) is 1. The molecule has 1 aromatic rings. The van der Waals surface area contributed by atoms with Gasteiger partial charge in [-0.25, -0.2) is 4.98 Å². The molecule has 1 N–H and O–H groups in total. The summed E-state index contributed by atoms with van der Waals surface area (Å²) in [4.78, 5) is 15.4. The van der Waals surface area contributed by atoms with Crippen molar-refractivity contribution in [2.24, 2.45) is 5.92 Å². The first-order valence-corrected chi connectivity index (χ1v) is 10.4. The number of aromatic amines is 1. The molecule has 3 rings (SSSR count). The van der Waals surface area contributed by atoms with Crippen LogP contribution in [-0.4, -0.2) is 90.2 Å². The van der Waals surface area contributed by atoms with Crippen LogP contribution in [0, 0.1) is 5.92 Å². The molecule has 2 aliphatic heterocycles. The van der Waals surface area contributed by atoms with E-state index in [4.69, 9.17) is 4.74 Å². The summed E-state index contributed by atoms with van der Waals surface area (Å²) >= 11 is 0. The lowest BCUT2D eigenvalue weighted by molar-refractivity contribution is 0.0961. The molecule has 0 radical (unpaired) electrons. The number of imidazole rings is 1. The Kier molecular flexibility index (Phi) is 7.92. The third kappa shape index (κ3) is 5.78. The number of ether oxygens (including phenoxy) is 1. The van der Waals surface area contributed by atoms with Gasteiger partial charge in [-0.3, -0.25) is 9.80 Å². The van der Waals surface area contributed by atoms with Gasteiger partial charge in [-0.2, -0.15) is 0 Å². The predicted molar refractivity (Wildman–Crippen MR) is 105 cm³/mol. The first-order chi connectivity index (χ1) is 12.8. The Bertz CT molecular complexity index is 486. The highest BCUT2D eigenvalue weighted by atomic mass is 16.5. The van der Waals surface area contributed by atoms with Gasteiger partial charge in [-0.1, -0.05) is 6.92 Å². The Morgan fingerprint density at radius 1 is 1.23 bits per heavy atom. The molecule has 2 fully saturated rings. The highest BCUT2D eigenvalue weighted by Crippen LogP contribution is 2.22. The second-order valence-corrected chi connectivity index (χ2v) is 7.97. The summed E-state index contributed by atoms with van der Waals surface area (Å²) in [6.07, 6.45) is 9.11. The van der Waals surface area contributed by atoms with E-state index < -0.39 is 0 Å². The standard InChI is InChI=1S/C20H37N5O/c1-3-25-8-4-5-20(25)16-24(15-19-13-21-17-22-19)14-18-6-9-23(10-7-18)11-12-26-2/h13,17-18,20H,3-12,14-16H2,1-2H3,(H,21,22). The molecule has 0 aromatic carbocycles. The molecule has 0 saturated carbocycles. The van der Waals surface area contributed by atoms with E-state index in [1.165, 1.54) is 70.6 Å². The zero-order valence-electron chi connectivity index (χ0n) is 16.7. The van der Waals surface area contributed by atoms with Crippen LogP contribution in [-0.2, 0) is 11.3 Å². The largest absolute Gasteiger partial charge is 0.383 e. The van der Waals surface area contributed by atoms with Crippen molar-refractivity contribution in [2.75, 3.05) is 59.5 Å². The zero-order chi connectivity index (χ0) is 18.2. The van der Waals surface area contributed by atoms with Gasteiger partial charge in [0.1, 0.15) is 0 Å². The Morgan fingerprint density at radius 3 is 2.77 bits per heavy atom. The van der Waals surface area contributed by atoms with Crippen molar-refractivity contribution >= 4 is 0 Å². The SMILES string of the molecule is CCN1CCCC1CN(Cc1cnc[nH]1)CC1CCN(CCOC)CC1. The minimum Gasteiger partial charge on any atom is -0.383 e. The molecule has 6 nitrogen and oxygen atoms in total. The van der Waals surface area contributed by atoms with Crippen molar-refractivity contribution in [3.63, 3.8) is 0 Å². The lowest BCUT2D eigenvalue weighted by Crippen LogP contribution is -2.44. The van der Waals surface area contributed by atoms with Crippen molar-refractivity contribution in [3.05, 3.63) is 18.2 Å².